The fraction of sp³-hybridized carbons (Fsp3) is 0.143. The molecule has 2 aromatic rings. The largest absolute Gasteiger partial charge is 0.478 e. The van der Waals surface area contributed by atoms with E-state index >= 15 is 0 Å². The van der Waals surface area contributed by atoms with E-state index < -0.39 is 5.97 Å². The molecular weight excluding hydrogens is 308 g/mol. The fourth-order valence-electron chi connectivity index (χ4n) is 1.85. The van der Waals surface area contributed by atoms with E-state index in [4.69, 9.17) is 5.11 Å². The van der Waals surface area contributed by atoms with E-state index in [-0.39, 0.29) is 5.56 Å². The lowest BCUT2D eigenvalue weighted by Crippen LogP contribution is -2.03. The average Bonchev–Trinajstić information content (AvgIpc) is 2.36. The Morgan fingerprint density at radius 3 is 2.53 bits per heavy atom. The summed E-state index contributed by atoms with van der Waals surface area (Å²) < 4.78 is 1.06. The minimum atomic E-state index is -0.976. The molecule has 19 heavy (non-hydrogen) atoms. The van der Waals surface area contributed by atoms with E-state index in [1.54, 1.807) is 0 Å². The van der Waals surface area contributed by atoms with Crippen LogP contribution in [0.1, 0.15) is 21.5 Å². The molecule has 0 fully saturated rings. The summed E-state index contributed by atoms with van der Waals surface area (Å²) in [6, 6.07) is 5.38. The molecule has 1 aromatic carbocycles. The number of anilines is 2. The molecule has 0 saturated heterocycles. The molecule has 0 spiro atoms. The number of carboxylic acids is 1. The lowest BCUT2D eigenvalue weighted by atomic mass is 10.1. The average molecular weight is 321 g/mol. The number of aromatic carboxylic acids is 1. The van der Waals surface area contributed by atoms with Crippen molar-refractivity contribution in [1.29, 1.82) is 0 Å². The van der Waals surface area contributed by atoms with Gasteiger partial charge in [-0.25, -0.2) is 4.79 Å². The van der Waals surface area contributed by atoms with Crippen LogP contribution in [0.15, 0.2) is 35.1 Å². The van der Waals surface area contributed by atoms with Gasteiger partial charge in [0.05, 0.1) is 17.4 Å². The lowest BCUT2D eigenvalue weighted by Gasteiger charge is -2.12. The third-order valence-corrected chi connectivity index (χ3v) is 4.02. The number of hydrogen-bond acceptors (Lipinski definition) is 3. The van der Waals surface area contributed by atoms with Crippen molar-refractivity contribution in [3.63, 3.8) is 0 Å². The van der Waals surface area contributed by atoms with Gasteiger partial charge in [0.2, 0.25) is 0 Å². The number of pyridine rings is 1. The van der Waals surface area contributed by atoms with Gasteiger partial charge in [0.1, 0.15) is 0 Å². The fourth-order valence-corrected chi connectivity index (χ4v) is 2.08. The van der Waals surface area contributed by atoms with Crippen molar-refractivity contribution in [2.45, 2.75) is 13.8 Å². The van der Waals surface area contributed by atoms with Gasteiger partial charge in [-0.05, 0) is 43.2 Å². The molecule has 1 heterocycles. The van der Waals surface area contributed by atoms with Gasteiger partial charge in [0.15, 0.2) is 0 Å². The van der Waals surface area contributed by atoms with Crippen LogP contribution in [0.5, 0.6) is 0 Å². The van der Waals surface area contributed by atoms with Crippen molar-refractivity contribution < 1.29 is 9.90 Å². The van der Waals surface area contributed by atoms with Gasteiger partial charge in [0.25, 0.3) is 0 Å². The first kappa shape index (κ1) is 13.5. The summed E-state index contributed by atoms with van der Waals surface area (Å²) in [5.41, 5.74) is 3.70. The van der Waals surface area contributed by atoms with Gasteiger partial charge in [-0.3, -0.25) is 4.98 Å². The van der Waals surface area contributed by atoms with E-state index in [0.717, 1.165) is 21.3 Å². The summed E-state index contributed by atoms with van der Waals surface area (Å²) in [6.07, 6.45) is 2.98. The highest BCUT2D eigenvalue weighted by molar-refractivity contribution is 9.10. The number of hydrogen-bond donors (Lipinski definition) is 2. The molecule has 0 amide bonds. The maximum atomic E-state index is 11.1. The van der Waals surface area contributed by atoms with E-state index in [0.29, 0.717) is 5.69 Å². The lowest BCUT2D eigenvalue weighted by molar-refractivity contribution is 0.0698. The van der Waals surface area contributed by atoms with Crippen LogP contribution in [-0.4, -0.2) is 16.1 Å². The Hall–Kier alpha value is -1.88. The van der Waals surface area contributed by atoms with Crippen LogP contribution in [0, 0.1) is 13.8 Å². The molecule has 0 bridgehead atoms. The van der Waals surface area contributed by atoms with Crippen molar-refractivity contribution in [2.24, 2.45) is 0 Å². The SMILES string of the molecule is Cc1cc(Nc2cnccc2C(=O)O)cc(C)c1Br. The van der Waals surface area contributed by atoms with Crippen molar-refractivity contribution in [1.82, 2.24) is 4.98 Å². The minimum absolute atomic E-state index is 0.202. The van der Waals surface area contributed by atoms with Gasteiger partial charge >= 0.3 is 5.97 Å². The van der Waals surface area contributed by atoms with Crippen LogP contribution in [0.2, 0.25) is 0 Å². The Kier molecular flexibility index (Phi) is 3.85. The van der Waals surface area contributed by atoms with Gasteiger partial charge in [0, 0.05) is 16.4 Å². The highest BCUT2D eigenvalue weighted by Gasteiger charge is 2.10. The summed E-state index contributed by atoms with van der Waals surface area (Å²) in [7, 11) is 0. The van der Waals surface area contributed by atoms with Gasteiger partial charge in [-0.2, -0.15) is 0 Å². The quantitative estimate of drug-likeness (QED) is 0.900. The molecule has 0 unspecified atom stereocenters. The number of halogens is 1. The van der Waals surface area contributed by atoms with Crippen LogP contribution in [0.4, 0.5) is 11.4 Å². The molecule has 0 aliphatic carbocycles. The van der Waals surface area contributed by atoms with Crippen molar-refractivity contribution >= 4 is 33.3 Å². The zero-order valence-electron chi connectivity index (χ0n) is 10.6. The Balaban J connectivity index is 2.39. The summed E-state index contributed by atoms with van der Waals surface area (Å²) in [4.78, 5) is 15.1. The van der Waals surface area contributed by atoms with Gasteiger partial charge in [-0.15, -0.1) is 0 Å². The number of nitrogens with one attached hydrogen (secondary N) is 1. The molecule has 2 rings (SSSR count). The summed E-state index contributed by atoms with van der Waals surface area (Å²) >= 11 is 3.50. The molecule has 0 atom stereocenters. The summed E-state index contributed by atoms with van der Waals surface area (Å²) in [5, 5.41) is 12.2. The number of carboxylic acid groups (broad SMARTS) is 1. The zero-order chi connectivity index (χ0) is 14.0. The number of aryl methyl sites for hydroxylation is 2. The number of aromatic nitrogens is 1. The van der Waals surface area contributed by atoms with Crippen LogP contribution < -0.4 is 5.32 Å². The molecule has 98 valence electrons. The highest BCUT2D eigenvalue weighted by atomic mass is 79.9. The van der Waals surface area contributed by atoms with Crippen molar-refractivity contribution in [3.8, 4) is 0 Å². The molecule has 1 aromatic heterocycles. The predicted octanol–water partition coefficient (Wildman–Crippen LogP) is 3.90. The standard InChI is InChI=1S/C14H13BrN2O2/c1-8-5-10(6-9(2)13(8)15)17-12-7-16-4-3-11(12)14(18)19/h3-7,17H,1-2H3,(H,18,19). The first-order chi connectivity index (χ1) is 8.99. The Labute approximate surface area is 119 Å². The van der Waals surface area contributed by atoms with Gasteiger partial charge in [-0.1, -0.05) is 15.9 Å². The third-order valence-electron chi connectivity index (χ3n) is 2.77. The van der Waals surface area contributed by atoms with Crippen LogP contribution in [0.3, 0.4) is 0 Å². The Morgan fingerprint density at radius 1 is 1.32 bits per heavy atom. The number of carbonyl (C=O) groups is 1. The molecule has 0 aliphatic heterocycles. The number of nitrogens with zero attached hydrogens (tertiary/aromatic N) is 1. The minimum Gasteiger partial charge on any atom is -0.478 e. The second kappa shape index (κ2) is 5.40. The predicted molar refractivity (Wildman–Crippen MR) is 78.1 cm³/mol. The zero-order valence-corrected chi connectivity index (χ0v) is 12.2. The Bertz CT molecular complexity index is 618. The van der Waals surface area contributed by atoms with E-state index in [9.17, 15) is 4.79 Å². The maximum absolute atomic E-state index is 11.1. The topological polar surface area (TPSA) is 62.2 Å². The molecule has 0 saturated carbocycles. The monoisotopic (exact) mass is 320 g/mol. The van der Waals surface area contributed by atoms with Crippen LogP contribution in [-0.2, 0) is 0 Å². The van der Waals surface area contributed by atoms with Crippen molar-refractivity contribution in [3.05, 3.63) is 51.8 Å². The second-order valence-corrected chi connectivity index (χ2v) is 5.07. The Morgan fingerprint density at radius 2 is 1.95 bits per heavy atom. The van der Waals surface area contributed by atoms with E-state index in [1.807, 2.05) is 26.0 Å². The smallest absolute Gasteiger partial charge is 0.337 e. The second-order valence-electron chi connectivity index (χ2n) is 4.28. The van der Waals surface area contributed by atoms with Crippen LogP contribution >= 0.6 is 15.9 Å². The number of rotatable bonds is 3. The number of benzene rings is 1. The van der Waals surface area contributed by atoms with Crippen molar-refractivity contribution in [2.75, 3.05) is 5.32 Å². The normalized spacial score (nSPS) is 10.3. The van der Waals surface area contributed by atoms with Crippen LogP contribution in [0.25, 0.3) is 0 Å². The summed E-state index contributed by atoms with van der Waals surface area (Å²) in [6.45, 7) is 3.98. The van der Waals surface area contributed by atoms with E-state index in [2.05, 4.69) is 26.2 Å². The molecule has 4 nitrogen and oxygen atoms in total. The highest BCUT2D eigenvalue weighted by Crippen LogP contribution is 2.27. The van der Waals surface area contributed by atoms with E-state index in [1.165, 1.54) is 18.5 Å². The maximum Gasteiger partial charge on any atom is 0.337 e. The molecule has 2 N–H and O–H groups in total. The summed E-state index contributed by atoms with van der Waals surface area (Å²) in [5.74, 6) is -0.976. The third kappa shape index (κ3) is 2.93. The first-order valence-electron chi connectivity index (χ1n) is 5.70. The molecular formula is C14H13BrN2O2. The van der Waals surface area contributed by atoms with Gasteiger partial charge < -0.3 is 10.4 Å². The molecule has 0 radical (unpaired) electrons. The first-order valence-corrected chi connectivity index (χ1v) is 6.49. The molecule has 0 aliphatic rings. The molecule has 5 heteroatoms.